The number of nitrogens with zero attached hydrogens (tertiary/aromatic N) is 2. The quantitative estimate of drug-likeness (QED) is 0.831. The Bertz CT molecular complexity index is 339. The smallest absolute Gasteiger partial charge is 0.239 e. The summed E-state index contributed by atoms with van der Waals surface area (Å²) in [5.74, 6) is 1.18. The Balaban J connectivity index is 1.65. The molecule has 1 aliphatic carbocycles. The maximum Gasteiger partial charge on any atom is 0.239 e. The van der Waals surface area contributed by atoms with Crippen molar-refractivity contribution in [3.63, 3.8) is 0 Å². The first-order valence-corrected chi connectivity index (χ1v) is 8.52. The minimum absolute atomic E-state index is 0.0674. The van der Waals surface area contributed by atoms with Gasteiger partial charge in [0.15, 0.2) is 0 Å². The lowest BCUT2D eigenvalue weighted by molar-refractivity contribution is -0.143. The summed E-state index contributed by atoms with van der Waals surface area (Å²) >= 11 is 0. The summed E-state index contributed by atoms with van der Waals surface area (Å²) < 4.78 is 0. The molecular formula is C16H29N3O. The van der Waals surface area contributed by atoms with Crippen LogP contribution in [0.2, 0.25) is 0 Å². The zero-order valence-corrected chi connectivity index (χ0v) is 12.8. The van der Waals surface area contributed by atoms with E-state index in [1.54, 1.807) is 0 Å². The number of nitrogens with one attached hydrogen (secondary N) is 1. The van der Waals surface area contributed by atoms with Gasteiger partial charge in [0, 0.05) is 38.8 Å². The molecule has 2 saturated heterocycles. The summed E-state index contributed by atoms with van der Waals surface area (Å²) in [5.41, 5.74) is 0. The molecule has 2 aliphatic heterocycles. The SMILES string of the molecule is CC(C(=O)N1CCCC2CCCCC21)N1CCNCC1. The van der Waals surface area contributed by atoms with Gasteiger partial charge in [0.2, 0.25) is 5.91 Å². The Morgan fingerprint density at radius 2 is 1.75 bits per heavy atom. The van der Waals surface area contributed by atoms with Crippen molar-refractivity contribution in [1.82, 2.24) is 15.1 Å². The second-order valence-corrected chi connectivity index (χ2v) is 6.75. The number of piperazine rings is 1. The highest BCUT2D eigenvalue weighted by Gasteiger charge is 2.38. The van der Waals surface area contributed by atoms with Gasteiger partial charge in [0.1, 0.15) is 0 Å². The molecule has 2 heterocycles. The van der Waals surface area contributed by atoms with Crippen molar-refractivity contribution in [2.24, 2.45) is 5.92 Å². The van der Waals surface area contributed by atoms with Crippen LogP contribution >= 0.6 is 0 Å². The van der Waals surface area contributed by atoms with Crippen LogP contribution in [0.3, 0.4) is 0 Å². The van der Waals surface area contributed by atoms with E-state index in [2.05, 4.69) is 22.0 Å². The van der Waals surface area contributed by atoms with E-state index in [0.29, 0.717) is 11.9 Å². The zero-order chi connectivity index (χ0) is 13.9. The fourth-order valence-corrected chi connectivity index (χ4v) is 4.36. The lowest BCUT2D eigenvalue weighted by atomic mass is 9.78. The van der Waals surface area contributed by atoms with E-state index in [1.807, 2.05) is 0 Å². The average Bonchev–Trinajstić information content (AvgIpc) is 2.54. The number of piperidine rings is 1. The van der Waals surface area contributed by atoms with E-state index in [1.165, 1.54) is 38.5 Å². The molecule has 0 aromatic carbocycles. The van der Waals surface area contributed by atoms with Crippen LogP contribution in [-0.2, 0) is 4.79 Å². The summed E-state index contributed by atoms with van der Waals surface area (Å²) in [6.45, 7) is 7.16. The summed E-state index contributed by atoms with van der Waals surface area (Å²) in [4.78, 5) is 17.5. The van der Waals surface area contributed by atoms with Crippen molar-refractivity contribution in [3.8, 4) is 0 Å². The zero-order valence-electron chi connectivity index (χ0n) is 12.8. The Hall–Kier alpha value is -0.610. The fourth-order valence-electron chi connectivity index (χ4n) is 4.36. The van der Waals surface area contributed by atoms with Crippen molar-refractivity contribution in [2.75, 3.05) is 32.7 Å². The van der Waals surface area contributed by atoms with Crippen molar-refractivity contribution in [1.29, 1.82) is 0 Å². The molecule has 3 atom stereocenters. The van der Waals surface area contributed by atoms with Crippen LogP contribution in [0.5, 0.6) is 0 Å². The molecule has 3 fully saturated rings. The summed E-state index contributed by atoms with van der Waals surface area (Å²) in [6.07, 6.45) is 7.82. The van der Waals surface area contributed by atoms with Crippen LogP contribution in [0.1, 0.15) is 45.4 Å². The van der Waals surface area contributed by atoms with Gasteiger partial charge in [0.25, 0.3) is 0 Å². The van der Waals surface area contributed by atoms with Gasteiger partial charge >= 0.3 is 0 Å². The summed E-state index contributed by atoms with van der Waals surface area (Å²) in [5, 5.41) is 3.37. The number of carbonyl (C=O) groups excluding carboxylic acids is 1. The second-order valence-electron chi connectivity index (χ2n) is 6.75. The molecule has 0 spiro atoms. The van der Waals surface area contributed by atoms with Gasteiger partial charge < -0.3 is 10.2 Å². The molecule has 1 saturated carbocycles. The standard InChI is InChI=1S/C16H29N3O/c1-13(18-11-8-17-9-12-18)16(20)19-10-4-6-14-5-2-3-7-15(14)19/h13-15,17H,2-12H2,1H3. The van der Waals surface area contributed by atoms with Crippen LogP contribution in [0.4, 0.5) is 0 Å². The highest BCUT2D eigenvalue weighted by molar-refractivity contribution is 5.82. The largest absolute Gasteiger partial charge is 0.338 e. The molecule has 4 heteroatoms. The number of amides is 1. The van der Waals surface area contributed by atoms with Gasteiger partial charge in [-0.1, -0.05) is 12.8 Å². The normalized spacial score (nSPS) is 33.5. The molecule has 1 amide bonds. The van der Waals surface area contributed by atoms with Gasteiger partial charge in [-0.2, -0.15) is 0 Å². The van der Waals surface area contributed by atoms with Crippen molar-refractivity contribution in [2.45, 2.75) is 57.5 Å². The minimum Gasteiger partial charge on any atom is -0.338 e. The van der Waals surface area contributed by atoms with E-state index in [-0.39, 0.29) is 6.04 Å². The molecule has 3 unspecified atom stereocenters. The predicted octanol–water partition coefficient (Wildman–Crippen LogP) is 1.46. The van der Waals surface area contributed by atoms with Crippen LogP contribution in [0.15, 0.2) is 0 Å². The van der Waals surface area contributed by atoms with Crippen molar-refractivity contribution in [3.05, 3.63) is 0 Å². The number of fused-ring (bicyclic) bond motifs is 1. The van der Waals surface area contributed by atoms with Gasteiger partial charge in [0.05, 0.1) is 6.04 Å². The third kappa shape index (κ3) is 2.86. The van der Waals surface area contributed by atoms with Crippen molar-refractivity contribution < 1.29 is 4.79 Å². The minimum atomic E-state index is 0.0674. The molecule has 114 valence electrons. The number of hydrogen-bond donors (Lipinski definition) is 1. The molecular weight excluding hydrogens is 250 g/mol. The summed E-state index contributed by atoms with van der Waals surface area (Å²) in [6, 6.07) is 0.619. The fraction of sp³-hybridized carbons (Fsp3) is 0.938. The van der Waals surface area contributed by atoms with Gasteiger partial charge in [-0.15, -0.1) is 0 Å². The second kappa shape index (κ2) is 6.44. The molecule has 0 aromatic rings. The molecule has 3 aliphatic rings. The van der Waals surface area contributed by atoms with Gasteiger partial charge in [-0.05, 0) is 38.5 Å². The average molecular weight is 279 g/mol. The van der Waals surface area contributed by atoms with Crippen LogP contribution in [-0.4, -0.2) is 60.5 Å². The monoisotopic (exact) mass is 279 g/mol. The van der Waals surface area contributed by atoms with E-state index in [0.717, 1.165) is 38.6 Å². The molecule has 1 N–H and O–H groups in total. The first kappa shape index (κ1) is 14.3. The van der Waals surface area contributed by atoms with Gasteiger partial charge in [-0.3, -0.25) is 9.69 Å². The molecule has 0 bridgehead atoms. The lowest BCUT2D eigenvalue weighted by Crippen LogP contribution is -2.58. The first-order valence-electron chi connectivity index (χ1n) is 8.52. The van der Waals surface area contributed by atoms with Crippen molar-refractivity contribution >= 4 is 5.91 Å². The van der Waals surface area contributed by atoms with E-state index in [9.17, 15) is 4.79 Å². The Kier molecular flexibility index (Phi) is 4.61. The third-order valence-electron chi connectivity index (χ3n) is 5.58. The highest BCUT2D eigenvalue weighted by atomic mass is 16.2. The topological polar surface area (TPSA) is 35.6 Å². The van der Waals surface area contributed by atoms with E-state index >= 15 is 0 Å². The Morgan fingerprint density at radius 1 is 1.05 bits per heavy atom. The predicted molar refractivity (Wildman–Crippen MR) is 80.6 cm³/mol. The maximum atomic E-state index is 12.9. The Morgan fingerprint density at radius 3 is 2.55 bits per heavy atom. The van der Waals surface area contributed by atoms with Crippen LogP contribution in [0.25, 0.3) is 0 Å². The number of hydrogen-bond acceptors (Lipinski definition) is 3. The van der Waals surface area contributed by atoms with E-state index < -0.39 is 0 Å². The number of likely N-dealkylation sites (tertiary alicyclic amines) is 1. The maximum absolute atomic E-state index is 12.9. The lowest BCUT2D eigenvalue weighted by Gasteiger charge is -2.46. The van der Waals surface area contributed by atoms with Crippen LogP contribution < -0.4 is 5.32 Å². The number of rotatable bonds is 2. The van der Waals surface area contributed by atoms with Crippen LogP contribution in [0, 0.1) is 5.92 Å². The molecule has 4 nitrogen and oxygen atoms in total. The molecule has 0 radical (unpaired) electrons. The Labute approximate surface area is 122 Å². The first-order chi connectivity index (χ1) is 9.77. The third-order valence-corrected chi connectivity index (χ3v) is 5.58. The van der Waals surface area contributed by atoms with E-state index in [4.69, 9.17) is 0 Å². The number of carbonyl (C=O) groups is 1. The summed E-state index contributed by atoms with van der Waals surface area (Å²) in [7, 11) is 0. The highest BCUT2D eigenvalue weighted by Crippen LogP contribution is 2.35. The molecule has 20 heavy (non-hydrogen) atoms. The molecule has 3 rings (SSSR count). The molecule has 0 aromatic heterocycles. The van der Waals surface area contributed by atoms with Gasteiger partial charge in [-0.25, -0.2) is 0 Å².